The molecular formula is C15H22N2O3S. The number of hydrogen-bond acceptors (Lipinski definition) is 4. The molecule has 2 aliphatic rings. The Balaban J connectivity index is 1.83. The Morgan fingerprint density at radius 3 is 2.52 bits per heavy atom. The Hall–Kier alpha value is -0.950. The lowest BCUT2D eigenvalue weighted by molar-refractivity contribution is 0.0728. The Kier molecular flexibility index (Phi) is 4.31. The third-order valence-electron chi connectivity index (χ3n) is 4.09. The van der Waals surface area contributed by atoms with E-state index in [0.717, 1.165) is 18.7 Å². The molecule has 0 aromatic heterocycles. The molecule has 2 heterocycles. The molecule has 1 aromatic rings. The van der Waals surface area contributed by atoms with Gasteiger partial charge in [0, 0.05) is 32.7 Å². The number of nitrogens with zero attached hydrogens (tertiary/aromatic N) is 2. The maximum absolute atomic E-state index is 12.8. The summed E-state index contributed by atoms with van der Waals surface area (Å²) < 4.78 is 32.4. The van der Waals surface area contributed by atoms with Crippen LogP contribution in [-0.2, 0) is 21.3 Å². The van der Waals surface area contributed by atoms with Crippen molar-refractivity contribution in [2.75, 3.05) is 39.4 Å². The van der Waals surface area contributed by atoms with Gasteiger partial charge in [0.05, 0.1) is 18.1 Å². The van der Waals surface area contributed by atoms with Crippen molar-refractivity contribution < 1.29 is 13.2 Å². The highest BCUT2D eigenvalue weighted by molar-refractivity contribution is 7.89. The zero-order chi connectivity index (χ0) is 14.9. The Labute approximate surface area is 126 Å². The first-order valence-electron chi connectivity index (χ1n) is 7.45. The molecule has 0 spiro atoms. The molecule has 3 rings (SSSR count). The van der Waals surface area contributed by atoms with E-state index in [1.165, 1.54) is 4.31 Å². The van der Waals surface area contributed by atoms with Gasteiger partial charge in [-0.3, -0.25) is 4.90 Å². The lowest BCUT2D eigenvalue weighted by atomic mass is 10.0. The van der Waals surface area contributed by atoms with Gasteiger partial charge in [-0.05, 0) is 17.5 Å². The van der Waals surface area contributed by atoms with E-state index in [9.17, 15) is 8.42 Å². The van der Waals surface area contributed by atoms with E-state index in [4.69, 9.17) is 4.74 Å². The van der Waals surface area contributed by atoms with Crippen LogP contribution in [0.15, 0.2) is 29.2 Å². The third kappa shape index (κ3) is 3.13. The van der Waals surface area contributed by atoms with Crippen molar-refractivity contribution in [1.82, 2.24) is 9.21 Å². The van der Waals surface area contributed by atoms with Gasteiger partial charge in [-0.15, -0.1) is 0 Å². The van der Waals surface area contributed by atoms with Crippen molar-refractivity contribution in [2.24, 2.45) is 5.92 Å². The number of rotatable bonds is 4. The Morgan fingerprint density at radius 1 is 1.19 bits per heavy atom. The number of sulfonamides is 1. The van der Waals surface area contributed by atoms with Gasteiger partial charge in [-0.25, -0.2) is 8.42 Å². The molecule has 0 unspecified atom stereocenters. The standard InChI is InChI=1S/C15H22N2O3S/c1-13-10-16(11-13)12-14-4-2-3-5-15(14)21(18,19)17-6-8-20-9-7-17/h2-5,13H,6-12H2,1H3. The highest BCUT2D eigenvalue weighted by Crippen LogP contribution is 2.25. The molecule has 0 N–H and O–H groups in total. The predicted molar refractivity (Wildman–Crippen MR) is 80.5 cm³/mol. The van der Waals surface area contributed by atoms with E-state index in [1.807, 2.05) is 12.1 Å². The van der Waals surface area contributed by atoms with E-state index >= 15 is 0 Å². The van der Waals surface area contributed by atoms with E-state index in [2.05, 4.69) is 11.8 Å². The second-order valence-corrected chi connectivity index (χ2v) is 7.83. The van der Waals surface area contributed by atoms with Crippen molar-refractivity contribution in [2.45, 2.75) is 18.4 Å². The molecule has 0 bridgehead atoms. The summed E-state index contributed by atoms with van der Waals surface area (Å²) in [7, 11) is -3.41. The Bertz CT molecular complexity index is 591. The summed E-state index contributed by atoms with van der Waals surface area (Å²) in [6, 6.07) is 7.37. The fourth-order valence-corrected chi connectivity index (χ4v) is 4.63. The molecular weight excluding hydrogens is 288 g/mol. The molecule has 2 fully saturated rings. The summed E-state index contributed by atoms with van der Waals surface area (Å²) in [5.41, 5.74) is 0.899. The first-order valence-corrected chi connectivity index (χ1v) is 8.89. The quantitative estimate of drug-likeness (QED) is 0.837. The van der Waals surface area contributed by atoms with Gasteiger partial charge >= 0.3 is 0 Å². The molecule has 0 amide bonds. The molecule has 2 aliphatic heterocycles. The molecule has 0 aliphatic carbocycles. The van der Waals surface area contributed by atoms with Crippen LogP contribution >= 0.6 is 0 Å². The molecule has 0 saturated carbocycles. The number of hydrogen-bond donors (Lipinski definition) is 0. The summed E-state index contributed by atoms with van der Waals surface area (Å²) in [5, 5.41) is 0. The van der Waals surface area contributed by atoms with Gasteiger partial charge in [-0.1, -0.05) is 25.1 Å². The molecule has 1 aromatic carbocycles. The van der Waals surface area contributed by atoms with Crippen LogP contribution in [0.3, 0.4) is 0 Å². The minimum absolute atomic E-state index is 0.442. The summed E-state index contributed by atoms with van der Waals surface area (Å²) in [6.45, 7) is 6.86. The fourth-order valence-electron chi connectivity index (χ4n) is 3.01. The highest BCUT2D eigenvalue weighted by atomic mass is 32.2. The maximum Gasteiger partial charge on any atom is 0.243 e. The third-order valence-corrected chi connectivity index (χ3v) is 6.09. The average Bonchev–Trinajstić information content (AvgIpc) is 2.47. The molecule has 0 atom stereocenters. The second kappa shape index (κ2) is 6.04. The molecule has 116 valence electrons. The minimum Gasteiger partial charge on any atom is -0.379 e. The summed E-state index contributed by atoms with van der Waals surface area (Å²) in [5.74, 6) is 0.716. The average molecular weight is 310 g/mol. The van der Waals surface area contributed by atoms with Crippen molar-refractivity contribution in [3.8, 4) is 0 Å². The predicted octanol–water partition coefficient (Wildman–Crippen LogP) is 1.16. The molecule has 21 heavy (non-hydrogen) atoms. The zero-order valence-corrected chi connectivity index (χ0v) is 13.2. The van der Waals surface area contributed by atoms with Gasteiger partial charge in [0.25, 0.3) is 0 Å². The van der Waals surface area contributed by atoms with Crippen LogP contribution < -0.4 is 0 Å². The highest BCUT2D eigenvalue weighted by Gasteiger charge is 2.30. The number of likely N-dealkylation sites (tertiary alicyclic amines) is 1. The van der Waals surface area contributed by atoms with Gasteiger partial charge in [0.2, 0.25) is 10.0 Å². The van der Waals surface area contributed by atoms with Gasteiger partial charge in [-0.2, -0.15) is 4.31 Å². The maximum atomic E-state index is 12.8. The normalized spacial score (nSPS) is 22.1. The minimum atomic E-state index is -3.41. The van der Waals surface area contributed by atoms with Crippen LogP contribution in [0.1, 0.15) is 12.5 Å². The van der Waals surface area contributed by atoms with Crippen LogP contribution in [-0.4, -0.2) is 57.0 Å². The fraction of sp³-hybridized carbons (Fsp3) is 0.600. The molecule has 5 nitrogen and oxygen atoms in total. The summed E-state index contributed by atoms with van der Waals surface area (Å²) >= 11 is 0. The Morgan fingerprint density at radius 2 is 1.86 bits per heavy atom. The smallest absolute Gasteiger partial charge is 0.243 e. The van der Waals surface area contributed by atoms with Crippen LogP contribution in [0.4, 0.5) is 0 Å². The second-order valence-electron chi connectivity index (χ2n) is 5.92. The molecule has 6 heteroatoms. The van der Waals surface area contributed by atoms with Crippen LogP contribution in [0.5, 0.6) is 0 Å². The van der Waals surface area contributed by atoms with Crippen molar-refractivity contribution in [3.63, 3.8) is 0 Å². The lowest BCUT2D eigenvalue weighted by Crippen LogP contribution is -2.45. The lowest BCUT2D eigenvalue weighted by Gasteiger charge is -2.37. The molecule has 0 radical (unpaired) electrons. The monoisotopic (exact) mass is 310 g/mol. The largest absolute Gasteiger partial charge is 0.379 e. The topological polar surface area (TPSA) is 49.9 Å². The molecule has 2 saturated heterocycles. The van der Waals surface area contributed by atoms with Crippen molar-refractivity contribution >= 4 is 10.0 Å². The van der Waals surface area contributed by atoms with Crippen LogP contribution in [0.25, 0.3) is 0 Å². The zero-order valence-electron chi connectivity index (χ0n) is 12.4. The van der Waals surface area contributed by atoms with E-state index in [0.29, 0.717) is 43.7 Å². The number of morpholine rings is 1. The summed E-state index contributed by atoms with van der Waals surface area (Å²) in [6.07, 6.45) is 0. The van der Waals surface area contributed by atoms with E-state index in [-0.39, 0.29) is 0 Å². The van der Waals surface area contributed by atoms with Crippen LogP contribution in [0.2, 0.25) is 0 Å². The van der Waals surface area contributed by atoms with Crippen LogP contribution in [0, 0.1) is 5.92 Å². The van der Waals surface area contributed by atoms with Crippen molar-refractivity contribution in [3.05, 3.63) is 29.8 Å². The number of benzene rings is 1. The van der Waals surface area contributed by atoms with E-state index in [1.54, 1.807) is 12.1 Å². The summed E-state index contributed by atoms with van der Waals surface area (Å²) in [4.78, 5) is 2.74. The number of ether oxygens (including phenoxy) is 1. The first-order chi connectivity index (χ1) is 10.1. The van der Waals surface area contributed by atoms with Gasteiger partial charge in [0.15, 0.2) is 0 Å². The van der Waals surface area contributed by atoms with Gasteiger partial charge in [0.1, 0.15) is 0 Å². The van der Waals surface area contributed by atoms with E-state index < -0.39 is 10.0 Å². The first kappa shape index (κ1) is 15.0. The SMILES string of the molecule is CC1CN(Cc2ccccc2S(=O)(=O)N2CCOCC2)C1. The van der Waals surface area contributed by atoms with Crippen molar-refractivity contribution in [1.29, 1.82) is 0 Å². The van der Waals surface area contributed by atoms with Gasteiger partial charge < -0.3 is 4.74 Å².